The third kappa shape index (κ3) is 5.61. The Bertz CT molecular complexity index is 1230. The lowest BCUT2D eigenvalue weighted by Gasteiger charge is -2.17. The normalized spacial score (nSPS) is 10.7. The average molecular weight is 449 g/mol. The highest BCUT2D eigenvalue weighted by Crippen LogP contribution is 2.30. The van der Waals surface area contributed by atoms with Crippen LogP contribution in [-0.2, 0) is 9.59 Å². The first-order chi connectivity index (χ1) is 15.7. The number of hydrogen-bond donors (Lipinski definition) is 2. The summed E-state index contributed by atoms with van der Waals surface area (Å²) in [6, 6.07) is 13.2. The number of pyridine rings is 1. The number of aryl methyl sites for hydroxylation is 1. The van der Waals surface area contributed by atoms with E-state index < -0.39 is 5.91 Å². The predicted octanol–water partition coefficient (Wildman–Crippen LogP) is 3.32. The minimum absolute atomic E-state index is 0.0226. The van der Waals surface area contributed by atoms with Gasteiger partial charge in [-0.2, -0.15) is 5.26 Å². The Morgan fingerprint density at radius 3 is 2.30 bits per heavy atom. The quantitative estimate of drug-likeness (QED) is 0.577. The third-order valence-corrected chi connectivity index (χ3v) is 5.15. The predicted molar refractivity (Wildman–Crippen MR) is 124 cm³/mol. The summed E-state index contributed by atoms with van der Waals surface area (Å²) in [7, 11) is 1.64. The van der Waals surface area contributed by atoms with Gasteiger partial charge in [-0.25, -0.2) is 9.37 Å². The summed E-state index contributed by atoms with van der Waals surface area (Å²) >= 11 is 0. The standard InChI is InChI=1S/C24H25FN6O2/c1-15-6-5-7-21(27-15)28-22(32)13-30(4)14-23(33)29-24-20(12-26)16(2)17(3)31(24)19-10-8-18(25)9-11-19/h5-11H,13-14H2,1-4H3,(H,29,33)(H,27,28,32). The smallest absolute Gasteiger partial charge is 0.239 e. The second-order valence-electron chi connectivity index (χ2n) is 7.79. The summed E-state index contributed by atoms with van der Waals surface area (Å²) in [5.74, 6) is -0.323. The van der Waals surface area contributed by atoms with E-state index in [1.807, 2.05) is 19.9 Å². The van der Waals surface area contributed by atoms with Crippen molar-refractivity contribution in [2.75, 3.05) is 30.8 Å². The number of benzene rings is 1. The van der Waals surface area contributed by atoms with Crippen LogP contribution >= 0.6 is 0 Å². The topological polar surface area (TPSA) is 103 Å². The molecule has 33 heavy (non-hydrogen) atoms. The number of nitrogens with one attached hydrogen (secondary N) is 2. The van der Waals surface area contributed by atoms with E-state index in [1.54, 1.807) is 47.7 Å². The van der Waals surface area contributed by atoms with E-state index >= 15 is 0 Å². The van der Waals surface area contributed by atoms with Gasteiger partial charge in [0.25, 0.3) is 0 Å². The number of hydrogen-bond acceptors (Lipinski definition) is 5. The lowest BCUT2D eigenvalue weighted by Crippen LogP contribution is -2.36. The number of aromatic nitrogens is 2. The zero-order valence-corrected chi connectivity index (χ0v) is 18.9. The van der Waals surface area contributed by atoms with Crippen molar-refractivity contribution >= 4 is 23.5 Å². The van der Waals surface area contributed by atoms with Crippen molar-refractivity contribution in [2.24, 2.45) is 0 Å². The van der Waals surface area contributed by atoms with E-state index in [1.165, 1.54) is 12.1 Å². The van der Waals surface area contributed by atoms with Crippen molar-refractivity contribution in [3.63, 3.8) is 0 Å². The first-order valence-electron chi connectivity index (χ1n) is 10.3. The Hall–Kier alpha value is -4.03. The van der Waals surface area contributed by atoms with E-state index in [0.29, 0.717) is 22.9 Å². The molecule has 0 unspecified atom stereocenters. The van der Waals surface area contributed by atoms with Crippen LogP contribution in [0.4, 0.5) is 16.0 Å². The van der Waals surface area contributed by atoms with Crippen molar-refractivity contribution in [1.82, 2.24) is 14.5 Å². The lowest BCUT2D eigenvalue weighted by molar-refractivity contribution is -0.119. The highest BCUT2D eigenvalue weighted by atomic mass is 19.1. The molecular formula is C24H25FN6O2. The van der Waals surface area contributed by atoms with Gasteiger partial charge in [-0.1, -0.05) is 6.07 Å². The lowest BCUT2D eigenvalue weighted by atomic mass is 10.2. The highest BCUT2D eigenvalue weighted by Gasteiger charge is 2.21. The molecule has 0 atom stereocenters. The Balaban J connectivity index is 1.72. The molecule has 0 radical (unpaired) electrons. The largest absolute Gasteiger partial charge is 0.310 e. The molecule has 0 bridgehead atoms. The number of carbonyl (C=O) groups is 2. The van der Waals surface area contributed by atoms with Crippen LogP contribution in [0.25, 0.3) is 5.69 Å². The van der Waals surface area contributed by atoms with E-state index in [2.05, 4.69) is 21.7 Å². The zero-order chi connectivity index (χ0) is 24.1. The summed E-state index contributed by atoms with van der Waals surface area (Å²) in [5, 5.41) is 15.1. The first kappa shape index (κ1) is 23.6. The molecule has 9 heteroatoms. The Morgan fingerprint density at radius 2 is 1.70 bits per heavy atom. The number of likely N-dealkylation sites (N-methyl/N-ethyl adjacent to an activating group) is 1. The van der Waals surface area contributed by atoms with E-state index in [4.69, 9.17) is 0 Å². The molecule has 8 nitrogen and oxygen atoms in total. The third-order valence-electron chi connectivity index (χ3n) is 5.15. The van der Waals surface area contributed by atoms with Gasteiger partial charge in [-0.3, -0.25) is 19.1 Å². The van der Waals surface area contributed by atoms with Crippen molar-refractivity contribution in [1.29, 1.82) is 5.26 Å². The molecule has 170 valence electrons. The highest BCUT2D eigenvalue weighted by molar-refractivity contribution is 5.95. The fourth-order valence-corrected chi connectivity index (χ4v) is 3.49. The van der Waals surface area contributed by atoms with Crippen molar-refractivity contribution in [3.05, 3.63) is 70.8 Å². The molecule has 2 aromatic heterocycles. The van der Waals surface area contributed by atoms with E-state index in [0.717, 1.165) is 17.0 Å². The second-order valence-corrected chi connectivity index (χ2v) is 7.79. The van der Waals surface area contributed by atoms with Gasteiger partial charge in [-0.05, 0) is 69.8 Å². The number of nitriles is 1. The van der Waals surface area contributed by atoms with Crippen LogP contribution in [0.1, 0.15) is 22.5 Å². The molecule has 2 N–H and O–H groups in total. The number of carbonyl (C=O) groups excluding carboxylic acids is 2. The molecule has 0 saturated carbocycles. The summed E-state index contributed by atoms with van der Waals surface area (Å²) in [5.41, 5.74) is 3.20. The molecule has 0 aliphatic carbocycles. The van der Waals surface area contributed by atoms with Crippen LogP contribution in [0, 0.1) is 37.9 Å². The molecule has 0 aliphatic heterocycles. The molecule has 3 aromatic rings. The number of amides is 2. The number of nitrogens with zero attached hydrogens (tertiary/aromatic N) is 4. The van der Waals surface area contributed by atoms with E-state index in [9.17, 15) is 19.2 Å². The van der Waals surface area contributed by atoms with Crippen LogP contribution in [0.5, 0.6) is 0 Å². The maximum absolute atomic E-state index is 13.4. The molecule has 3 rings (SSSR count). The van der Waals surface area contributed by atoms with Crippen LogP contribution in [-0.4, -0.2) is 46.4 Å². The number of anilines is 2. The van der Waals surface area contributed by atoms with Crippen LogP contribution in [0.2, 0.25) is 0 Å². The van der Waals surface area contributed by atoms with Crippen LogP contribution in [0.3, 0.4) is 0 Å². The second kappa shape index (κ2) is 10.1. The Kier molecular flexibility index (Phi) is 7.20. The minimum Gasteiger partial charge on any atom is -0.310 e. The minimum atomic E-state index is -0.392. The average Bonchev–Trinajstić information content (AvgIpc) is 2.97. The van der Waals surface area contributed by atoms with Crippen molar-refractivity contribution in [2.45, 2.75) is 20.8 Å². The molecule has 0 aliphatic rings. The van der Waals surface area contributed by atoms with Gasteiger partial charge in [0, 0.05) is 17.1 Å². The molecule has 1 aromatic carbocycles. The SMILES string of the molecule is Cc1cccc(NC(=O)CN(C)CC(=O)Nc2c(C#N)c(C)c(C)n2-c2ccc(F)cc2)n1. The van der Waals surface area contributed by atoms with Gasteiger partial charge >= 0.3 is 0 Å². The maximum atomic E-state index is 13.4. The van der Waals surface area contributed by atoms with Gasteiger partial charge in [0.1, 0.15) is 23.5 Å². The van der Waals surface area contributed by atoms with Crippen LogP contribution < -0.4 is 10.6 Å². The fourth-order valence-electron chi connectivity index (χ4n) is 3.49. The zero-order valence-electron chi connectivity index (χ0n) is 18.9. The van der Waals surface area contributed by atoms with Crippen molar-refractivity contribution < 1.29 is 14.0 Å². The van der Waals surface area contributed by atoms with Gasteiger partial charge in [0.05, 0.1) is 18.7 Å². The van der Waals surface area contributed by atoms with E-state index in [-0.39, 0.29) is 24.8 Å². The molecule has 0 saturated heterocycles. The number of rotatable bonds is 7. The van der Waals surface area contributed by atoms with Crippen molar-refractivity contribution in [3.8, 4) is 11.8 Å². The summed E-state index contributed by atoms with van der Waals surface area (Å²) < 4.78 is 15.1. The Labute approximate surface area is 191 Å². The molecule has 2 heterocycles. The Morgan fingerprint density at radius 1 is 1.06 bits per heavy atom. The molecule has 2 amide bonds. The fraction of sp³-hybridized carbons (Fsp3) is 0.250. The number of halogens is 1. The summed E-state index contributed by atoms with van der Waals surface area (Å²) in [6.45, 7) is 5.34. The summed E-state index contributed by atoms with van der Waals surface area (Å²) in [4.78, 5) is 30.8. The maximum Gasteiger partial charge on any atom is 0.239 e. The van der Waals surface area contributed by atoms with Gasteiger partial charge < -0.3 is 10.6 Å². The van der Waals surface area contributed by atoms with Gasteiger partial charge in [0.2, 0.25) is 11.8 Å². The molecule has 0 spiro atoms. The van der Waals surface area contributed by atoms with Gasteiger partial charge in [0.15, 0.2) is 0 Å². The molecular weight excluding hydrogens is 423 g/mol. The monoisotopic (exact) mass is 448 g/mol. The summed E-state index contributed by atoms with van der Waals surface area (Å²) in [6.07, 6.45) is 0. The van der Waals surface area contributed by atoms with Gasteiger partial charge in [-0.15, -0.1) is 0 Å². The first-order valence-corrected chi connectivity index (χ1v) is 10.3. The molecule has 0 fully saturated rings. The van der Waals surface area contributed by atoms with Crippen LogP contribution in [0.15, 0.2) is 42.5 Å².